The van der Waals surface area contributed by atoms with Gasteiger partial charge in [0.05, 0.1) is 51.4 Å². The molecule has 21 nitrogen and oxygen atoms in total. The summed E-state index contributed by atoms with van der Waals surface area (Å²) >= 11 is 10.5. The van der Waals surface area contributed by atoms with Crippen molar-refractivity contribution in [3.05, 3.63) is 85.2 Å². The number of thiocarbonyl (C=S) groups is 2. The molecule has 430 valence electrons. The first-order chi connectivity index (χ1) is 38.2. The van der Waals surface area contributed by atoms with Crippen molar-refractivity contribution in [2.45, 2.75) is 61.3 Å². The van der Waals surface area contributed by atoms with Gasteiger partial charge in [0.25, 0.3) is 0 Å². The van der Waals surface area contributed by atoms with Crippen molar-refractivity contribution in [1.82, 2.24) is 44.7 Å². The average molecular weight is 1130 g/mol. The number of ether oxygens (including phenoxy) is 4. The van der Waals surface area contributed by atoms with Gasteiger partial charge in [-0.25, -0.2) is 19.0 Å². The molecule has 0 amide bonds. The maximum Gasteiger partial charge on any atom is 0.308 e. The number of aliphatic hydroxyl groups excluding tert-OH is 1. The van der Waals surface area contributed by atoms with Crippen LogP contribution in [-0.4, -0.2) is 178 Å². The number of benzene rings is 2. The highest BCUT2D eigenvalue weighted by Crippen LogP contribution is 2.27. The number of anilines is 4. The summed E-state index contributed by atoms with van der Waals surface area (Å²) in [6, 6.07) is 23.6. The third-order valence-electron chi connectivity index (χ3n) is 12.3. The first kappa shape index (κ1) is 63.2. The fraction of sp³-hybridized carbons (Fsp3) is 0.500. The second-order valence-corrected chi connectivity index (χ2v) is 19.6. The van der Waals surface area contributed by atoms with Gasteiger partial charge in [0.15, 0.2) is 33.5 Å². The maximum absolute atomic E-state index is 11.5. The van der Waals surface area contributed by atoms with Gasteiger partial charge >= 0.3 is 11.9 Å². The lowest BCUT2D eigenvalue weighted by atomic mass is 10.2. The van der Waals surface area contributed by atoms with Crippen LogP contribution in [0, 0.1) is 11.8 Å². The van der Waals surface area contributed by atoms with Crippen molar-refractivity contribution in [3.63, 3.8) is 0 Å². The van der Waals surface area contributed by atoms with Gasteiger partial charge in [-0.15, -0.1) is 10.2 Å². The van der Waals surface area contributed by atoms with Gasteiger partial charge in [0, 0.05) is 80.8 Å². The van der Waals surface area contributed by atoms with E-state index < -0.39 is 5.97 Å². The molecule has 79 heavy (non-hydrogen) atoms. The molecule has 6 aromatic rings. The van der Waals surface area contributed by atoms with Crippen LogP contribution in [0.2, 0.25) is 0 Å². The number of rotatable bonds is 16. The quantitative estimate of drug-likeness (QED) is 0.0322. The molecule has 0 unspecified atom stereocenters. The number of carboxylic acids is 1. The zero-order valence-electron chi connectivity index (χ0n) is 46.9. The molecule has 7 heterocycles. The summed E-state index contributed by atoms with van der Waals surface area (Å²) in [7, 11) is 0. The van der Waals surface area contributed by atoms with Gasteiger partial charge in [-0.2, -0.15) is 0 Å². The van der Waals surface area contributed by atoms with E-state index in [0.717, 1.165) is 84.6 Å². The summed E-state index contributed by atoms with van der Waals surface area (Å²) in [6.07, 6.45) is 6.43. The largest absolute Gasteiger partial charge is 0.481 e. The molecule has 3 saturated heterocycles. The molecule has 3 aliphatic heterocycles. The van der Waals surface area contributed by atoms with Gasteiger partial charge in [-0.3, -0.25) is 9.59 Å². The predicted molar refractivity (Wildman–Crippen MR) is 320 cm³/mol. The van der Waals surface area contributed by atoms with Crippen LogP contribution < -0.4 is 31.1 Å². The number of morpholine rings is 2. The first-order valence-electron chi connectivity index (χ1n) is 27.2. The molecular formula is C56H81N13O8S2. The van der Waals surface area contributed by atoms with Crippen molar-refractivity contribution in [2.24, 2.45) is 11.8 Å². The Morgan fingerprint density at radius 3 is 1.38 bits per heavy atom. The summed E-state index contributed by atoms with van der Waals surface area (Å²) in [5, 5.41) is 39.3. The van der Waals surface area contributed by atoms with Crippen molar-refractivity contribution < 1.29 is 38.7 Å². The minimum Gasteiger partial charge on any atom is -0.481 e. The molecule has 0 spiro atoms. The minimum atomic E-state index is -0.741. The lowest BCUT2D eigenvalue weighted by molar-refractivity contribution is -0.147. The zero-order valence-corrected chi connectivity index (χ0v) is 48.5. The van der Waals surface area contributed by atoms with E-state index in [4.69, 9.17) is 63.6 Å². The number of nitrogens with one attached hydrogen (secondary N) is 4. The van der Waals surface area contributed by atoms with Crippen molar-refractivity contribution >= 4 is 80.6 Å². The van der Waals surface area contributed by atoms with Gasteiger partial charge in [-0.1, -0.05) is 48.5 Å². The molecule has 3 fully saturated rings. The lowest BCUT2D eigenvalue weighted by Gasteiger charge is -2.28. The number of carboxylic acid groups (broad SMARTS) is 1. The maximum atomic E-state index is 11.5. The standard InChI is InChI=1S/C23H28N6O3S.C19H22N6O2S.C6H15N.C4H8O2.C4H8O/c1-16(2)22(30)32-13-9-24-23(33)25-18-7-5-17(6-8-18)20-26-21(28-11-14-31-15-12-28)19-4-3-10-29(19)27-20;26-11-7-20-19(28)21-15-5-3-14(4-6-15)17-22-18(24-9-12-27-13-10-24)16-2-1-8-25(16)23-17;1-4-7(5-2)6-3;1-3(2)4(5)6;1-2-4-5-3-1/h3-8,10,16H,9,11-15H2,1-2H3,(H2,24,25,33);1-6,8,26H,7,9-13H2,(H2,20,21,28);4-6H2,1-3H3;3H,1-2H3,(H,5,6);1-4H2. The topological polar surface area (TPSA) is 230 Å². The van der Waals surface area contributed by atoms with Crippen molar-refractivity contribution in [3.8, 4) is 22.8 Å². The summed E-state index contributed by atoms with van der Waals surface area (Å²) < 4.78 is 24.8. The van der Waals surface area contributed by atoms with E-state index in [-0.39, 0.29) is 31.0 Å². The number of nitrogens with zero attached hydrogens (tertiary/aromatic N) is 9. The van der Waals surface area contributed by atoms with E-state index >= 15 is 0 Å². The Bertz CT molecular complexity index is 2750. The lowest BCUT2D eigenvalue weighted by Crippen LogP contribution is -2.37. The average Bonchev–Trinajstić information content (AvgIpc) is 4.40. The summed E-state index contributed by atoms with van der Waals surface area (Å²) in [4.78, 5) is 37.8. The Morgan fingerprint density at radius 1 is 0.633 bits per heavy atom. The van der Waals surface area contributed by atoms with Crippen LogP contribution in [0.15, 0.2) is 85.2 Å². The van der Waals surface area contributed by atoms with E-state index in [1.165, 1.54) is 32.5 Å². The fourth-order valence-electron chi connectivity index (χ4n) is 7.69. The molecule has 6 N–H and O–H groups in total. The summed E-state index contributed by atoms with van der Waals surface area (Å²) in [6.45, 7) is 26.2. The number of hydrogen-bond acceptors (Lipinski definition) is 16. The number of carbonyl (C=O) groups is 2. The van der Waals surface area contributed by atoms with Gasteiger partial charge in [0.1, 0.15) is 17.6 Å². The number of aromatic nitrogens is 6. The van der Waals surface area contributed by atoms with E-state index in [2.05, 4.69) is 66.9 Å². The number of esters is 1. The highest BCUT2D eigenvalue weighted by atomic mass is 32.1. The molecule has 4 aromatic heterocycles. The molecule has 0 bridgehead atoms. The molecule has 0 saturated carbocycles. The molecule has 9 rings (SSSR count). The van der Waals surface area contributed by atoms with Crippen molar-refractivity contribution in [2.75, 3.05) is 132 Å². The fourth-order valence-corrected chi connectivity index (χ4v) is 8.13. The number of aliphatic hydroxyl groups is 1. The molecule has 2 aromatic carbocycles. The third kappa shape index (κ3) is 21.2. The molecule has 0 aliphatic carbocycles. The predicted octanol–water partition coefficient (Wildman–Crippen LogP) is 7.10. The van der Waals surface area contributed by atoms with Crippen LogP contribution >= 0.6 is 24.4 Å². The van der Waals surface area contributed by atoms with Crippen LogP contribution in [0.5, 0.6) is 0 Å². The second-order valence-electron chi connectivity index (χ2n) is 18.8. The summed E-state index contributed by atoms with van der Waals surface area (Å²) in [5.74, 6) is 1.83. The molecular weight excluding hydrogens is 1050 g/mol. The van der Waals surface area contributed by atoms with Crippen LogP contribution in [-0.2, 0) is 28.5 Å². The van der Waals surface area contributed by atoms with Crippen LogP contribution in [0.3, 0.4) is 0 Å². The Hall–Kier alpha value is -6.60. The Morgan fingerprint density at radius 2 is 1.04 bits per heavy atom. The van der Waals surface area contributed by atoms with E-state index in [9.17, 15) is 9.59 Å². The SMILES string of the molecule is C1CCOC1.CC(C)C(=O)O.CC(C)C(=O)OCCNC(=S)Nc1ccc(-c2nc(N3CCOCC3)c3cccn3n2)cc1.CCN(CC)CC.OCCNC(=S)Nc1ccc(-c2nc(N3CCOCC3)c3cccn3n2)cc1. The Balaban J connectivity index is 0.000000223. The van der Waals surface area contributed by atoms with Crippen LogP contribution in [0.25, 0.3) is 33.8 Å². The number of aliphatic carboxylic acids is 1. The highest BCUT2D eigenvalue weighted by molar-refractivity contribution is 7.80. The van der Waals surface area contributed by atoms with Crippen molar-refractivity contribution in [1.29, 1.82) is 0 Å². The number of hydrogen-bond donors (Lipinski definition) is 6. The molecule has 3 aliphatic rings. The monoisotopic (exact) mass is 1130 g/mol. The second kappa shape index (κ2) is 34.4. The molecule has 0 atom stereocenters. The Kier molecular flexibility index (Phi) is 27.5. The van der Waals surface area contributed by atoms with E-state index in [1.54, 1.807) is 27.7 Å². The normalized spacial score (nSPS) is 14.0. The van der Waals surface area contributed by atoms with Gasteiger partial charge < -0.3 is 65.1 Å². The Labute approximate surface area is 475 Å². The minimum absolute atomic E-state index is 0.0332. The van der Waals surface area contributed by atoms with E-state index in [0.29, 0.717) is 61.4 Å². The zero-order chi connectivity index (χ0) is 56.9. The molecule has 23 heteroatoms. The van der Waals surface area contributed by atoms with E-state index in [1.807, 2.05) is 94.2 Å². The van der Waals surface area contributed by atoms with Crippen LogP contribution in [0.1, 0.15) is 61.3 Å². The summed E-state index contributed by atoms with van der Waals surface area (Å²) in [5.41, 5.74) is 5.49. The van der Waals surface area contributed by atoms with Gasteiger partial charge in [0.2, 0.25) is 0 Å². The third-order valence-corrected chi connectivity index (χ3v) is 12.8. The molecule has 0 radical (unpaired) electrons. The van der Waals surface area contributed by atoms with Crippen LogP contribution in [0.4, 0.5) is 23.0 Å². The highest BCUT2D eigenvalue weighted by Gasteiger charge is 2.20. The van der Waals surface area contributed by atoms with Gasteiger partial charge in [-0.05, 0) is 130 Å². The smallest absolute Gasteiger partial charge is 0.308 e. The number of fused-ring (bicyclic) bond motifs is 2. The number of carbonyl (C=O) groups excluding carboxylic acids is 1. The first-order valence-corrected chi connectivity index (χ1v) is 28.0.